The van der Waals surface area contributed by atoms with E-state index in [0.717, 1.165) is 0 Å². The van der Waals surface area contributed by atoms with Crippen molar-refractivity contribution in [3.05, 3.63) is 16.6 Å². The van der Waals surface area contributed by atoms with Crippen LogP contribution in [0, 0.1) is 0 Å². The van der Waals surface area contributed by atoms with E-state index in [2.05, 4.69) is 20.7 Å². The van der Waals surface area contributed by atoms with Crippen molar-refractivity contribution in [2.75, 3.05) is 20.8 Å². The van der Waals surface area contributed by atoms with E-state index in [1.54, 1.807) is 0 Å². The Kier molecular flexibility index (Phi) is 6.92. The Bertz CT molecular complexity index is 576. The predicted molar refractivity (Wildman–Crippen MR) is 83.3 cm³/mol. The van der Waals surface area contributed by atoms with Gasteiger partial charge in [-0.1, -0.05) is 6.92 Å². The lowest BCUT2D eigenvalue weighted by atomic mass is 10.2. The second-order valence-corrected chi connectivity index (χ2v) is 6.98. The highest BCUT2D eigenvalue weighted by Gasteiger charge is 2.21. The van der Waals surface area contributed by atoms with Crippen LogP contribution in [0.1, 0.15) is 19.8 Å². The SMILES string of the molecule is CCC(O)CCNS(=O)(=O)c1cc(OC)c(OC)cc1Br. The van der Waals surface area contributed by atoms with Gasteiger partial charge in [0.05, 0.1) is 20.3 Å². The smallest absolute Gasteiger partial charge is 0.241 e. The van der Waals surface area contributed by atoms with Gasteiger partial charge in [0, 0.05) is 17.1 Å². The van der Waals surface area contributed by atoms with E-state index in [1.807, 2.05) is 6.92 Å². The van der Waals surface area contributed by atoms with E-state index in [9.17, 15) is 13.5 Å². The Balaban J connectivity index is 2.97. The first-order valence-electron chi connectivity index (χ1n) is 6.45. The van der Waals surface area contributed by atoms with Gasteiger partial charge < -0.3 is 14.6 Å². The second-order valence-electron chi connectivity index (χ2n) is 4.39. The number of aliphatic hydroxyl groups is 1. The minimum atomic E-state index is -3.70. The Morgan fingerprint density at radius 3 is 2.38 bits per heavy atom. The normalized spacial score (nSPS) is 13.0. The molecular weight excluding hydrogens is 362 g/mol. The van der Waals surface area contributed by atoms with Gasteiger partial charge in [-0.15, -0.1) is 0 Å². The van der Waals surface area contributed by atoms with Gasteiger partial charge in [-0.2, -0.15) is 0 Å². The Hall–Kier alpha value is -0.830. The Morgan fingerprint density at radius 1 is 1.29 bits per heavy atom. The molecule has 21 heavy (non-hydrogen) atoms. The van der Waals surface area contributed by atoms with Crippen LogP contribution >= 0.6 is 15.9 Å². The maximum atomic E-state index is 12.3. The lowest BCUT2D eigenvalue weighted by Gasteiger charge is -2.13. The number of hydrogen-bond donors (Lipinski definition) is 2. The van der Waals surface area contributed by atoms with Crippen molar-refractivity contribution in [2.45, 2.75) is 30.8 Å². The second kappa shape index (κ2) is 7.98. The molecule has 0 aromatic heterocycles. The van der Waals surface area contributed by atoms with Gasteiger partial charge >= 0.3 is 0 Å². The summed E-state index contributed by atoms with van der Waals surface area (Å²) in [6.45, 7) is 2.00. The largest absolute Gasteiger partial charge is 0.493 e. The van der Waals surface area contributed by atoms with Crippen LogP contribution in [0.5, 0.6) is 11.5 Å². The van der Waals surface area contributed by atoms with Crippen LogP contribution in [0.2, 0.25) is 0 Å². The highest BCUT2D eigenvalue weighted by atomic mass is 79.9. The van der Waals surface area contributed by atoms with E-state index in [-0.39, 0.29) is 11.4 Å². The molecule has 0 radical (unpaired) electrons. The van der Waals surface area contributed by atoms with Gasteiger partial charge in [0.2, 0.25) is 10.0 Å². The zero-order valence-electron chi connectivity index (χ0n) is 12.2. The van der Waals surface area contributed by atoms with Crippen molar-refractivity contribution < 1.29 is 23.0 Å². The van der Waals surface area contributed by atoms with Crippen molar-refractivity contribution in [1.82, 2.24) is 4.72 Å². The molecule has 0 amide bonds. The topological polar surface area (TPSA) is 84.9 Å². The lowest BCUT2D eigenvalue weighted by molar-refractivity contribution is 0.162. The van der Waals surface area contributed by atoms with Crippen molar-refractivity contribution in [3.63, 3.8) is 0 Å². The van der Waals surface area contributed by atoms with Crippen molar-refractivity contribution in [2.24, 2.45) is 0 Å². The molecule has 0 heterocycles. The average Bonchev–Trinajstić information content (AvgIpc) is 2.46. The number of aliphatic hydroxyl groups excluding tert-OH is 1. The van der Waals surface area contributed by atoms with E-state index in [4.69, 9.17) is 9.47 Å². The third kappa shape index (κ3) is 4.84. The van der Waals surface area contributed by atoms with Gasteiger partial charge in [-0.05, 0) is 34.8 Å². The predicted octanol–water partition coefficient (Wildman–Crippen LogP) is 1.91. The molecule has 0 aliphatic rings. The fraction of sp³-hybridized carbons (Fsp3) is 0.538. The van der Waals surface area contributed by atoms with Crippen molar-refractivity contribution >= 4 is 26.0 Å². The van der Waals surface area contributed by atoms with Gasteiger partial charge in [-0.3, -0.25) is 0 Å². The fourth-order valence-corrected chi connectivity index (χ4v) is 3.76. The molecule has 0 aliphatic carbocycles. The van der Waals surface area contributed by atoms with Crippen molar-refractivity contribution in [3.8, 4) is 11.5 Å². The zero-order chi connectivity index (χ0) is 16.0. The quantitative estimate of drug-likeness (QED) is 0.718. The highest BCUT2D eigenvalue weighted by molar-refractivity contribution is 9.10. The summed E-state index contributed by atoms with van der Waals surface area (Å²) >= 11 is 3.22. The summed E-state index contributed by atoms with van der Waals surface area (Å²) in [5.41, 5.74) is 0. The molecule has 8 heteroatoms. The molecule has 6 nitrogen and oxygen atoms in total. The summed E-state index contributed by atoms with van der Waals surface area (Å²) in [6, 6.07) is 2.93. The summed E-state index contributed by atoms with van der Waals surface area (Å²) < 4.78 is 37.6. The number of sulfonamides is 1. The first kappa shape index (κ1) is 18.2. The maximum absolute atomic E-state index is 12.3. The highest BCUT2D eigenvalue weighted by Crippen LogP contribution is 2.35. The lowest BCUT2D eigenvalue weighted by Crippen LogP contribution is -2.27. The molecule has 0 fully saturated rings. The maximum Gasteiger partial charge on any atom is 0.241 e. The van der Waals surface area contributed by atoms with Gasteiger partial charge in [0.15, 0.2) is 11.5 Å². The summed E-state index contributed by atoms with van der Waals surface area (Å²) in [5, 5.41) is 9.45. The number of nitrogens with one attached hydrogen (secondary N) is 1. The van der Waals surface area contributed by atoms with Crippen LogP contribution in [-0.2, 0) is 10.0 Å². The molecule has 1 aromatic rings. The molecule has 0 saturated heterocycles. The molecule has 0 saturated carbocycles. The summed E-state index contributed by atoms with van der Waals surface area (Å²) in [7, 11) is -0.783. The first-order chi connectivity index (χ1) is 9.85. The van der Waals surface area contributed by atoms with Gasteiger partial charge in [-0.25, -0.2) is 13.1 Å². The summed E-state index contributed by atoms with van der Waals surface area (Å²) in [5.74, 6) is 0.763. The van der Waals surface area contributed by atoms with Gasteiger partial charge in [0.1, 0.15) is 4.90 Å². The molecule has 0 bridgehead atoms. The molecule has 1 rings (SSSR count). The fourth-order valence-electron chi connectivity index (χ4n) is 1.68. The molecule has 120 valence electrons. The van der Waals surface area contributed by atoms with Crippen molar-refractivity contribution in [1.29, 1.82) is 0 Å². The van der Waals surface area contributed by atoms with Gasteiger partial charge in [0.25, 0.3) is 0 Å². The summed E-state index contributed by atoms with van der Waals surface area (Å²) in [6.07, 6.45) is 0.434. The van der Waals surface area contributed by atoms with E-state index in [0.29, 0.717) is 28.8 Å². The van der Waals surface area contributed by atoms with Crippen LogP contribution in [-0.4, -0.2) is 40.4 Å². The Labute approximate surface area is 133 Å². The minimum absolute atomic E-state index is 0.0612. The molecule has 0 spiro atoms. The number of halogens is 1. The molecule has 0 aliphatic heterocycles. The number of benzene rings is 1. The molecule has 1 atom stereocenters. The molecule has 1 unspecified atom stereocenters. The third-order valence-corrected chi connectivity index (χ3v) is 5.39. The molecule has 1 aromatic carbocycles. The standard InChI is InChI=1S/C13H20BrNO5S/c1-4-9(16)5-6-15-21(17,18)13-8-12(20-3)11(19-2)7-10(13)14/h7-9,15-16H,4-6H2,1-3H3. The molecular formula is C13H20BrNO5S. The minimum Gasteiger partial charge on any atom is -0.493 e. The first-order valence-corrected chi connectivity index (χ1v) is 8.72. The number of rotatable bonds is 8. The monoisotopic (exact) mass is 381 g/mol. The van der Waals surface area contributed by atoms with Crippen LogP contribution in [0.3, 0.4) is 0 Å². The van der Waals surface area contributed by atoms with Crippen LogP contribution in [0.4, 0.5) is 0 Å². The third-order valence-electron chi connectivity index (χ3n) is 2.97. The van der Waals surface area contributed by atoms with E-state index < -0.39 is 16.1 Å². The summed E-state index contributed by atoms with van der Waals surface area (Å²) in [4.78, 5) is 0.0612. The number of methoxy groups -OCH3 is 2. The van der Waals surface area contributed by atoms with Crippen LogP contribution in [0.25, 0.3) is 0 Å². The van der Waals surface area contributed by atoms with Crippen LogP contribution in [0.15, 0.2) is 21.5 Å². The average molecular weight is 382 g/mol. The number of ether oxygens (including phenoxy) is 2. The molecule has 2 N–H and O–H groups in total. The van der Waals surface area contributed by atoms with E-state index >= 15 is 0 Å². The van der Waals surface area contributed by atoms with E-state index in [1.165, 1.54) is 26.4 Å². The zero-order valence-corrected chi connectivity index (χ0v) is 14.6. The number of hydrogen-bond acceptors (Lipinski definition) is 5. The van der Waals surface area contributed by atoms with Crippen LogP contribution < -0.4 is 14.2 Å². The Morgan fingerprint density at radius 2 is 1.86 bits per heavy atom.